The Balaban J connectivity index is 1.26. The SMILES string of the molecule is C1=Cc2ncnc(CCc3ccc(Nc4nc5ncccc5[nH]4)cc3)c2C1. The molecule has 3 aromatic heterocycles. The number of anilines is 2. The molecule has 0 unspecified atom stereocenters. The maximum Gasteiger partial charge on any atom is 0.207 e. The number of aryl methyl sites for hydroxylation is 2. The number of benzene rings is 1. The Morgan fingerprint density at radius 1 is 1.00 bits per heavy atom. The fraction of sp³-hybridized carbons (Fsp3) is 0.143. The summed E-state index contributed by atoms with van der Waals surface area (Å²) in [5.41, 5.74) is 7.40. The number of imidazole rings is 1. The summed E-state index contributed by atoms with van der Waals surface area (Å²) in [5.74, 6) is 0.695. The van der Waals surface area contributed by atoms with Gasteiger partial charge in [-0.15, -0.1) is 0 Å². The van der Waals surface area contributed by atoms with E-state index in [2.05, 4.69) is 66.7 Å². The highest BCUT2D eigenvalue weighted by molar-refractivity contribution is 5.74. The third-order valence-corrected chi connectivity index (χ3v) is 4.79. The molecule has 2 N–H and O–H groups in total. The van der Waals surface area contributed by atoms with E-state index < -0.39 is 0 Å². The van der Waals surface area contributed by atoms with Gasteiger partial charge in [-0.25, -0.2) is 15.0 Å². The molecular weight excluding hydrogens is 336 g/mol. The number of rotatable bonds is 5. The van der Waals surface area contributed by atoms with Gasteiger partial charge in [-0.3, -0.25) is 0 Å². The molecule has 4 aromatic rings. The number of hydrogen-bond donors (Lipinski definition) is 2. The number of allylic oxidation sites excluding steroid dienone is 1. The number of aromatic nitrogens is 5. The van der Waals surface area contributed by atoms with Crippen molar-refractivity contribution in [2.75, 3.05) is 5.32 Å². The number of H-pyrrole nitrogens is 1. The summed E-state index contributed by atoms with van der Waals surface area (Å²) >= 11 is 0. The molecule has 0 radical (unpaired) electrons. The highest BCUT2D eigenvalue weighted by atomic mass is 15.1. The topological polar surface area (TPSA) is 79.4 Å². The molecule has 0 atom stereocenters. The first-order valence-electron chi connectivity index (χ1n) is 9.01. The zero-order valence-corrected chi connectivity index (χ0v) is 14.7. The quantitative estimate of drug-likeness (QED) is 0.569. The van der Waals surface area contributed by atoms with E-state index in [1.54, 1.807) is 12.5 Å². The second-order valence-electron chi connectivity index (χ2n) is 6.57. The highest BCUT2D eigenvalue weighted by Gasteiger charge is 2.12. The highest BCUT2D eigenvalue weighted by Crippen LogP contribution is 2.21. The molecule has 0 amide bonds. The Morgan fingerprint density at radius 2 is 1.93 bits per heavy atom. The van der Waals surface area contributed by atoms with Crippen molar-refractivity contribution in [3.05, 3.63) is 77.5 Å². The van der Waals surface area contributed by atoms with Gasteiger partial charge in [0.25, 0.3) is 0 Å². The molecule has 5 rings (SSSR count). The summed E-state index contributed by atoms with van der Waals surface area (Å²) in [6.07, 6.45) is 10.5. The standard InChI is InChI=1S/C21H18N6/c1-3-16-17(4-1)23-13-24-18(16)11-8-14-6-9-15(10-7-14)25-21-26-19-5-2-12-22-20(19)27-21/h1-2,4-7,9-10,12-13H,3,8,11H2,(H2,22,25,26,27). The first kappa shape index (κ1) is 15.7. The minimum Gasteiger partial charge on any atom is -0.326 e. The van der Waals surface area contributed by atoms with Crippen molar-refractivity contribution in [2.24, 2.45) is 0 Å². The van der Waals surface area contributed by atoms with E-state index in [1.165, 1.54) is 11.1 Å². The minimum atomic E-state index is 0.695. The molecule has 3 heterocycles. The Labute approximate surface area is 156 Å². The van der Waals surface area contributed by atoms with E-state index in [0.717, 1.165) is 41.9 Å². The van der Waals surface area contributed by atoms with Crippen LogP contribution < -0.4 is 5.32 Å². The molecule has 0 saturated heterocycles. The lowest BCUT2D eigenvalue weighted by Gasteiger charge is -2.08. The van der Waals surface area contributed by atoms with Crippen molar-refractivity contribution in [3.63, 3.8) is 0 Å². The van der Waals surface area contributed by atoms with Crippen LogP contribution in [0.1, 0.15) is 22.5 Å². The van der Waals surface area contributed by atoms with Crippen LogP contribution in [0.2, 0.25) is 0 Å². The predicted molar refractivity (Wildman–Crippen MR) is 106 cm³/mol. The smallest absolute Gasteiger partial charge is 0.207 e. The molecule has 0 spiro atoms. The third kappa shape index (κ3) is 3.17. The van der Waals surface area contributed by atoms with Crippen LogP contribution in [0.3, 0.4) is 0 Å². The van der Waals surface area contributed by atoms with E-state index in [1.807, 2.05) is 12.1 Å². The van der Waals surface area contributed by atoms with E-state index in [-0.39, 0.29) is 0 Å². The Bertz CT molecular complexity index is 1090. The van der Waals surface area contributed by atoms with Crippen LogP contribution in [0, 0.1) is 0 Å². The number of hydrogen-bond acceptors (Lipinski definition) is 5. The molecule has 1 aromatic carbocycles. The molecule has 0 bridgehead atoms. The molecule has 0 fully saturated rings. The van der Waals surface area contributed by atoms with Gasteiger partial charge in [0, 0.05) is 23.1 Å². The minimum absolute atomic E-state index is 0.695. The second kappa shape index (κ2) is 6.64. The van der Waals surface area contributed by atoms with Crippen LogP contribution in [-0.2, 0) is 19.3 Å². The number of nitrogens with zero attached hydrogens (tertiary/aromatic N) is 4. The van der Waals surface area contributed by atoms with Gasteiger partial charge in [-0.1, -0.05) is 18.2 Å². The Morgan fingerprint density at radius 3 is 2.81 bits per heavy atom. The van der Waals surface area contributed by atoms with Crippen molar-refractivity contribution in [1.82, 2.24) is 24.9 Å². The van der Waals surface area contributed by atoms with Crippen LogP contribution in [0.4, 0.5) is 11.6 Å². The van der Waals surface area contributed by atoms with Gasteiger partial charge in [0.1, 0.15) is 6.33 Å². The summed E-state index contributed by atoms with van der Waals surface area (Å²) in [4.78, 5) is 20.7. The lowest BCUT2D eigenvalue weighted by Crippen LogP contribution is -2.02. The predicted octanol–water partition coefficient (Wildman–Crippen LogP) is 3.85. The van der Waals surface area contributed by atoms with Crippen molar-refractivity contribution in [2.45, 2.75) is 19.3 Å². The summed E-state index contributed by atoms with van der Waals surface area (Å²) in [7, 11) is 0. The Kier molecular flexibility index (Phi) is 3.86. The summed E-state index contributed by atoms with van der Waals surface area (Å²) in [5, 5.41) is 3.29. The molecule has 1 aliphatic carbocycles. The van der Waals surface area contributed by atoms with Crippen LogP contribution >= 0.6 is 0 Å². The van der Waals surface area contributed by atoms with Gasteiger partial charge < -0.3 is 10.3 Å². The van der Waals surface area contributed by atoms with E-state index >= 15 is 0 Å². The summed E-state index contributed by atoms with van der Waals surface area (Å²) < 4.78 is 0. The second-order valence-corrected chi connectivity index (χ2v) is 6.57. The fourth-order valence-corrected chi connectivity index (χ4v) is 3.39. The van der Waals surface area contributed by atoms with Crippen LogP contribution in [0.5, 0.6) is 0 Å². The lowest BCUT2D eigenvalue weighted by molar-refractivity contribution is 0.876. The average Bonchev–Trinajstić information content (AvgIpc) is 3.34. The number of pyridine rings is 1. The molecule has 0 saturated carbocycles. The zero-order chi connectivity index (χ0) is 18.1. The van der Waals surface area contributed by atoms with E-state index in [0.29, 0.717) is 11.6 Å². The lowest BCUT2D eigenvalue weighted by atomic mass is 10.0. The van der Waals surface area contributed by atoms with Crippen LogP contribution in [0.15, 0.2) is 55.0 Å². The summed E-state index contributed by atoms with van der Waals surface area (Å²) in [6.45, 7) is 0. The van der Waals surface area contributed by atoms with Crippen molar-refractivity contribution < 1.29 is 0 Å². The van der Waals surface area contributed by atoms with Crippen LogP contribution in [0.25, 0.3) is 17.2 Å². The molecule has 1 aliphatic rings. The molecule has 0 aliphatic heterocycles. The Hall–Kier alpha value is -3.54. The van der Waals surface area contributed by atoms with Crippen molar-refractivity contribution >= 4 is 28.9 Å². The van der Waals surface area contributed by atoms with Gasteiger partial charge >= 0.3 is 0 Å². The van der Waals surface area contributed by atoms with Crippen molar-refractivity contribution in [3.8, 4) is 0 Å². The molecule has 27 heavy (non-hydrogen) atoms. The van der Waals surface area contributed by atoms with Gasteiger partial charge in [0.15, 0.2) is 5.65 Å². The van der Waals surface area contributed by atoms with Gasteiger partial charge in [0.2, 0.25) is 5.95 Å². The maximum absolute atomic E-state index is 4.48. The zero-order valence-electron chi connectivity index (χ0n) is 14.7. The largest absolute Gasteiger partial charge is 0.326 e. The molecule has 6 heteroatoms. The third-order valence-electron chi connectivity index (χ3n) is 4.79. The van der Waals surface area contributed by atoms with Crippen molar-refractivity contribution in [1.29, 1.82) is 0 Å². The number of fused-ring (bicyclic) bond motifs is 2. The van der Waals surface area contributed by atoms with E-state index in [9.17, 15) is 0 Å². The maximum atomic E-state index is 4.48. The average molecular weight is 354 g/mol. The van der Waals surface area contributed by atoms with Crippen LogP contribution in [-0.4, -0.2) is 24.9 Å². The van der Waals surface area contributed by atoms with Gasteiger partial charge in [0.05, 0.1) is 11.2 Å². The molecular formula is C21H18N6. The number of nitrogens with one attached hydrogen (secondary N) is 2. The summed E-state index contributed by atoms with van der Waals surface area (Å²) in [6, 6.07) is 12.3. The fourth-order valence-electron chi connectivity index (χ4n) is 3.39. The molecule has 132 valence electrons. The first-order chi connectivity index (χ1) is 13.3. The van der Waals surface area contributed by atoms with Gasteiger partial charge in [-0.2, -0.15) is 4.98 Å². The first-order valence-corrected chi connectivity index (χ1v) is 9.01. The molecule has 6 nitrogen and oxygen atoms in total. The van der Waals surface area contributed by atoms with Gasteiger partial charge in [-0.05, 0) is 55.2 Å². The van der Waals surface area contributed by atoms with E-state index in [4.69, 9.17) is 0 Å². The monoisotopic (exact) mass is 354 g/mol. The normalized spacial score (nSPS) is 12.4. The number of aromatic amines is 1.